The number of rotatable bonds is 2. The van der Waals surface area contributed by atoms with E-state index in [0.717, 1.165) is 24.3 Å². The van der Waals surface area contributed by atoms with Gasteiger partial charge in [0.2, 0.25) is 0 Å². The van der Waals surface area contributed by atoms with Crippen LogP contribution in [0.2, 0.25) is 0 Å². The normalized spacial score (nSPS) is 14.1. The van der Waals surface area contributed by atoms with Gasteiger partial charge < -0.3 is 4.74 Å². The third-order valence-corrected chi connectivity index (χ3v) is 2.24. The molecular formula is C12H12O2. The second kappa shape index (κ2) is 3.66. The maximum absolute atomic E-state index is 10.8. The summed E-state index contributed by atoms with van der Waals surface area (Å²) in [4.78, 5) is 10.8. The number of allylic oxidation sites excluding steroid dienone is 1. The van der Waals surface area contributed by atoms with Crippen molar-refractivity contribution in [3.8, 4) is 5.75 Å². The molecule has 0 unspecified atom stereocenters. The van der Waals surface area contributed by atoms with Crippen molar-refractivity contribution in [3.63, 3.8) is 0 Å². The lowest BCUT2D eigenvalue weighted by Crippen LogP contribution is -1.88. The Morgan fingerprint density at radius 3 is 3.14 bits per heavy atom. The molecule has 0 atom stereocenters. The van der Waals surface area contributed by atoms with Crippen molar-refractivity contribution in [2.24, 2.45) is 0 Å². The molecule has 2 rings (SSSR count). The molecule has 1 aromatic carbocycles. The van der Waals surface area contributed by atoms with Crippen LogP contribution < -0.4 is 4.74 Å². The largest absolute Gasteiger partial charge is 0.492 e. The molecule has 2 nitrogen and oxygen atoms in total. The van der Waals surface area contributed by atoms with E-state index >= 15 is 0 Å². The number of ether oxygens (including phenoxy) is 1. The lowest BCUT2D eigenvalue weighted by atomic mass is 10.1. The molecule has 1 aromatic rings. The molecule has 0 spiro atoms. The first-order valence-electron chi connectivity index (χ1n) is 4.71. The van der Waals surface area contributed by atoms with Crippen molar-refractivity contribution in [1.82, 2.24) is 0 Å². The number of carbonyl (C=O) groups is 1. The van der Waals surface area contributed by atoms with E-state index in [9.17, 15) is 4.79 Å². The number of para-hydroxylation sites is 1. The Hall–Kier alpha value is -1.57. The van der Waals surface area contributed by atoms with Crippen molar-refractivity contribution in [2.45, 2.75) is 13.3 Å². The average molecular weight is 188 g/mol. The molecule has 0 bridgehead atoms. The topological polar surface area (TPSA) is 26.3 Å². The summed E-state index contributed by atoms with van der Waals surface area (Å²) in [5.41, 5.74) is 2.23. The Bertz CT molecular complexity index is 391. The van der Waals surface area contributed by atoms with Crippen LogP contribution in [0.3, 0.4) is 0 Å². The Labute approximate surface area is 83.2 Å². The summed E-state index contributed by atoms with van der Waals surface area (Å²) in [6, 6.07) is 6.02. The number of carbonyl (C=O) groups excluding carboxylic acids is 1. The van der Waals surface area contributed by atoms with Crippen molar-refractivity contribution in [2.75, 3.05) is 6.61 Å². The van der Waals surface area contributed by atoms with Crippen molar-refractivity contribution in [3.05, 3.63) is 35.4 Å². The summed E-state index contributed by atoms with van der Waals surface area (Å²) in [6.45, 7) is 2.29. The zero-order valence-corrected chi connectivity index (χ0v) is 8.12. The highest BCUT2D eigenvalue weighted by Crippen LogP contribution is 2.30. The van der Waals surface area contributed by atoms with E-state index in [1.807, 2.05) is 18.2 Å². The van der Waals surface area contributed by atoms with Crippen molar-refractivity contribution < 1.29 is 9.53 Å². The smallest absolute Gasteiger partial charge is 0.152 e. The van der Waals surface area contributed by atoms with Crippen LogP contribution in [0.1, 0.15) is 18.1 Å². The van der Waals surface area contributed by atoms with Gasteiger partial charge in [0.1, 0.15) is 5.75 Å². The van der Waals surface area contributed by atoms with Gasteiger partial charge in [-0.15, -0.1) is 0 Å². The number of hydrogen-bond acceptors (Lipinski definition) is 2. The zero-order valence-electron chi connectivity index (χ0n) is 8.12. The minimum atomic E-state index is 0.0561. The van der Waals surface area contributed by atoms with E-state index in [0.29, 0.717) is 0 Å². The van der Waals surface area contributed by atoms with E-state index < -0.39 is 0 Å². The van der Waals surface area contributed by atoms with Crippen LogP contribution >= 0.6 is 0 Å². The molecule has 0 aliphatic carbocycles. The van der Waals surface area contributed by atoms with Crippen molar-refractivity contribution >= 4 is 11.9 Å². The summed E-state index contributed by atoms with van der Waals surface area (Å²) >= 11 is 0. The minimum Gasteiger partial charge on any atom is -0.492 e. The molecule has 0 saturated carbocycles. The predicted molar refractivity (Wildman–Crippen MR) is 55.4 cm³/mol. The van der Waals surface area contributed by atoms with Crippen molar-refractivity contribution in [1.29, 1.82) is 0 Å². The highest BCUT2D eigenvalue weighted by Gasteiger charge is 2.13. The van der Waals surface area contributed by atoms with E-state index in [1.54, 1.807) is 13.0 Å². The Balaban J connectivity index is 2.35. The molecule has 0 saturated heterocycles. The van der Waals surface area contributed by atoms with Gasteiger partial charge in [-0.2, -0.15) is 0 Å². The number of benzene rings is 1. The fourth-order valence-electron chi connectivity index (χ4n) is 1.58. The van der Waals surface area contributed by atoms with Gasteiger partial charge in [-0.05, 0) is 24.6 Å². The van der Waals surface area contributed by atoms with E-state index in [4.69, 9.17) is 4.74 Å². The SMILES string of the molecule is CC(=O)/C=C/c1cccc2c1OCC2. The van der Waals surface area contributed by atoms with Crippen LogP contribution in [0, 0.1) is 0 Å². The maximum Gasteiger partial charge on any atom is 0.152 e. The zero-order chi connectivity index (χ0) is 9.97. The molecule has 2 heteroatoms. The van der Waals surface area contributed by atoms with Gasteiger partial charge in [0.15, 0.2) is 5.78 Å². The van der Waals surface area contributed by atoms with Gasteiger partial charge in [0.05, 0.1) is 6.61 Å². The average Bonchev–Trinajstić information content (AvgIpc) is 2.62. The quantitative estimate of drug-likeness (QED) is 0.665. The highest BCUT2D eigenvalue weighted by molar-refractivity contribution is 5.92. The van der Waals surface area contributed by atoms with Crippen LogP contribution in [0.4, 0.5) is 0 Å². The number of hydrogen-bond donors (Lipinski definition) is 0. The lowest BCUT2D eigenvalue weighted by molar-refractivity contribution is -0.112. The van der Waals surface area contributed by atoms with E-state index in [-0.39, 0.29) is 5.78 Å². The molecule has 72 valence electrons. The van der Waals surface area contributed by atoms with Crippen LogP contribution in [-0.4, -0.2) is 12.4 Å². The monoisotopic (exact) mass is 188 g/mol. The lowest BCUT2D eigenvalue weighted by Gasteiger charge is -2.02. The fraction of sp³-hybridized carbons (Fsp3) is 0.250. The van der Waals surface area contributed by atoms with Gasteiger partial charge in [-0.1, -0.05) is 18.2 Å². The van der Waals surface area contributed by atoms with Crippen LogP contribution in [0.15, 0.2) is 24.3 Å². The van der Waals surface area contributed by atoms with Crippen LogP contribution in [0.25, 0.3) is 6.08 Å². The minimum absolute atomic E-state index is 0.0561. The second-order valence-corrected chi connectivity index (χ2v) is 3.38. The molecule has 1 aliphatic rings. The van der Waals surface area contributed by atoms with Gasteiger partial charge >= 0.3 is 0 Å². The van der Waals surface area contributed by atoms with Gasteiger partial charge in [0, 0.05) is 12.0 Å². The Kier molecular flexibility index (Phi) is 2.35. The molecule has 1 heterocycles. The molecule has 0 amide bonds. The third kappa shape index (κ3) is 1.69. The second-order valence-electron chi connectivity index (χ2n) is 3.38. The highest BCUT2D eigenvalue weighted by atomic mass is 16.5. The molecule has 1 aliphatic heterocycles. The first kappa shape index (κ1) is 9.00. The number of fused-ring (bicyclic) bond motifs is 1. The predicted octanol–water partition coefficient (Wildman–Crippen LogP) is 2.22. The maximum atomic E-state index is 10.8. The van der Waals surface area contributed by atoms with Crippen LogP contribution in [0.5, 0.6) is 5.75 Å². The first-order chi connectivity index (χ1) is 6.77. The first-order valence-corrected chi connectivity index (χ1v) is 4.71. The Morgan fingerprint density at radius 1 is 1.50 bits per heavy atom. The summed E-state index contributed by atoms with van der Waals surface area (Å²) in [5.74, 6) is 0.991. The summed E-state index contributed by atoms with van der Waals surface area (Å²) in [6.07, 6.45) is 4.35. The molecule has 0 N–H and O–H groups in total. The summed E-state index contributed by atoms with van der Waals surface area (Å²) in [7, 11) is 0. The molecule has 0 fully saturated rings. The molecule has 14 heavy (non-hydrogen) atoms. The van der Waals surface area contributed by atoms with Gasteiger partial charge in [-0.3, -0.25) is 4.79 Å². The molecular weight excluding hydrogens is 176 g/mol. The third-order valence-electron chi connectivity index (χ3n) is 2.24. The van der Waals surface area contributed by atoms with E-state index in [1.165, 1.54) is 5.56 Å². The van der Waals surface area contributed by atoms with Gasteiger partial charge in [-0.25, -0.2) is 0 Å². The standard InChI is InChI=1S/C12H12O2/c1-9(13)5-6-10-3-2-4-11-7-8-14-12(10)11/h2-6H,7-8H2,1H3/b6-5+. The number of ketones is 1. The summed E-state index contributed by atoms with van der Waals surface area (Å²) < 4.78 is 5.50. The van der Waals surface area contributed by atoms with Gasteiger partial charge in [0.25, 0.3) is 0 Å². The molecule has 0 aromatic heterocycles. The fourth-order valence-corrected chi connectivity index (χ4v) is 1.58. The Morgan fingerprint density at radius 2 is 2.36 bits per heavy atom. The van der Waals surface area contributed by atoms with E-state index in [2.05, 4.69) is 6.07 Å². The van der Waals surface area contributed by atoms with Crippen LogP contribution in [-0.2, 0) is 11.2 Å². The summed E-state index contributed by atoms with van der Waals surface area (Å²) in [5, 5.41) is 0. The molecule has 0 radical (unpaired) electrons.